The molecule has 0 aliphatic carbocycles. The lowest BCUT2D eigenvalue weighted by Crippen LogP contribution is -2.47. The van der Waals surface area contributed by atoms with Crippen LogP contribution in [0, 0.1) is 23.3 Å². The largest absolute Gasteiger partial charge is 0.487 e. The highest BCUT2D eigenvalue weighted by Gasteiger charge is 2.56. The molecule has 0 spiro atoms. The number of hydrogen-bond acceptors (Lipinski definition) is 3. The molecule has 1 aliphatic rings. The molecule has 172 valence electrons. The van der Waals surface area contributed by atoms with E-state index in [1.807, 2.05) is 0 Å². The quantitative estimate of drug-likeness (QED) is 0.391. The highest BCUT2D eigenvalue weighted by Crippen LogP contribution is 2.42. The van der Waals surface area contributed by atoms with Crippen molar-refractivity contribution < 1.29 is 40.6 Å². The number of ether oxygens (including phenoxy) is 1. The maximum atomic E-state index is 13.8. The van der Waals surface area contributed by atoms with Crippen LogP contribution in [0.1, 0.15) is 28.3 Å². The lowest BCUT2D eigenvalue weighted by molar-refractivity contribution is -0.275. The topological polar surface area (TPSA) is 41.8 Å². The van der Waals surface area contributed by atoms with Gasteiger partial charge in [0.25, 0.3) is 0 Å². The third-order valence-electron chi connectivity index (χ3n) is 5.27. The van der Waals surface area contributed by atoms with E-state index in [1.54, 1.807) is 0 Å². The van der Waals surface area contributed by atoms with E-state index in [-0.39, 0.29) is 11.6 Å². The van der Waals surface area contributed by atoms with Gasteiger partial charge in [-0.2, -0.15) is 17.6 Å². The fraction of sp³-hybridized carbons (Fsp3) is 0.174. The minimum atomic E-state index is -5.28. The Morgan fingerprint density at radius 3 is 2.24 bits per heavy atom. The maximum Gasteiger partial charge on any atom is 0.424 e. The van der Waals surface area contributed by atoms with Crippen molar-refractivity contribution in [1.29, 1.82) is 0 Å². The predicted molar refractivity (Wildman–Crippen MR) is 104 cm³/mol. The van der Waals surface area contributed by atoms with E-state index in [9.17, 15) is 35.8 Å². The van der Waals surface area contributed by atoms with Gasteiger partial charge in [0, 0.05) is 18.3 Å². The van der Waals surface area contributed by atoms with Crippen molar-refractivity contribution in [2.45, 2.75) is 17.8 Å². The molecule has 0 saturated heterocycles. The van der Waals surface area contributed by atoms with Crippen LogP contribution < -0.4 is 4.74 Å². The monoisotopic (exact) mass is 469 g/mol. The minimum absolute atomic E-state index is 0.204. The SMILES string of the molecule is OC(COc1cc(F)cc(F)c1F)(c1ccc2c(c1)C=NC2c1ccc(F)cc1)C(F)(F)F. The summed E-state index contributed by atoms with van der Waals surface area (Å²) in [4.78, 5) is 4.24. The number of nitrogens with zero attached hydrogens (tertiary/aromatic N) is 1. The molecule has 10 heteroatoms. The Hall–Kier alpha value is -3.40. The van der Waals surface area contributed by atoms with E-state index in [0.717, 1.165) is 12.1 Å². The predicted octanol–water partition coefficient (Wildman–Crippen LogP) is 5.59. The minimum Gasteiger partial charge on any atom is -0.487 e. The van der Waals surface area contributed by atoms with Gasteiger partial charge in [-0.05, 0) is 40.5 Å². The van der Waals surface area contributed by atoms with Crippen molar-refractivity contribution in [1.82, 2.24) is 0 Å². The van der Waals surface area contributed by atoms with Crippen molar-refractivity contribution in [3.8, 4) is 5.75 Å². The van der Waals surface area contributed by atoms with Crippen LogP contribution in [0.5, 0.6) is 5.75 Å². The second-order valence-electron chi connectivity index (χ2n) is 7.42. The van der Waals surface area contributed by atoms with Gasteiger partial charge in [-0.15, -0.1) is 0 Å². The molecule has 1 aliphatic heterocycles. The molecule has 1 heterocycles. The van der Waals surface area contributed by atoms with E-state index in [1.165, 1.54) is 36.5 Å². The van der Waals surface area contributed by atoms with E-state index in [0.29, 0.717) is 17.2 Å². The first-order valence-electron chi connectivity index (χ1n) is 9.49. The van der Waals surface area contributed by atoms with Gasteiger partial charge in [-0.25, -0.2) is 13.2 Å². The molecule has 3 nitrogen and oxygen atoms in total. The normalized spacial score (nSPS) is 17.0. The lowest BCUT2D eigenvalue weighted by atomic mass is 9.89. The van der Waals surface area contributed by atoms with Crippen LogP contribution in [-0.4, -0.2) is 24.1 Å². The van der Waals surface area contributed by atoms with Crippen LogP contribution in [0.4, 0.5) is 30.7 Å². The number of rotatable bonds is 5. The molecule has 3 aromatic carbocycles. The average Bonchev–Trinajstić information content (AvgIpc) is 3.18. The number of hydrogen-bond donors (Lipinski definition) is 1. The molecule has 33 heavy (non-hydrogen) atoms. The summed E-state index contributed by atoms with van der Waals surface area (Å²) >= 11 is 0. The summed E-state index contributed by atoms with van der Waals surface area (Å²) in [5.74, 6) is -6.18. The van der Waals surface area contributed by atoms with Gasteiger partial charge in [0.15, 0.2) is 11.6 Å². The van der Waals surface area contributed by atoms with Crippen molar-refractivity contribution in [2.24, 2.45) is 4.99 Å². The molecule has 0 fully saturated rings. The highest BCUT2D eigenvalue weighted by atomic mass is 19.4. The average molecular weight is 469 g/mol. The van der Waals surface area contributed by atoms with Crippen molar-refractivity contribution >= 4 is 6.21 Å². The third kappa shape index (κ3) is 4.18. The molecule has 0 radical (unpaired) electrons. The Labute approximate surface area is 182 Å². The zero-order valence-electron chi connectivity index (χ0n) is 16.5. The summed E-state index contributed by atoms with van der Waals surface area (Å²) in [5, 5.41) is 10.5. The van der Waals surface area contributed by atoms with Gasteiger partial charge in [0.2, 0.25) is 11.4 Å². The number of aliphatic imine (C=N–C) groups is 1. The number of fused-ring (bicyclic) bond motifs is 1. The molecule has 0 aromatic heterocycles. The van der Waals surface area contributed by atoms with Crippen LogP contribution in [0.2, 0.25) is 0 Å². The van der Waals surface area contributed by atoms with Crippen molar-refractivity contribution in [3.63, 3.8) is 0 Å². The second-order valence-corrected chi connectivity index (χ2v) is 7.42. The summed E-state index contributed by atoms with van der Waals surface area (Å²) in [6, 6.07) is 8.81. The molecule has 4 rings (SSSR count). The van der Waals surface area contributed by atoms with Crippen LogP contribution in [0.25, 0.3) is 0 Å². The van der Waals surface area contributed by atoms with Crippen molar-refractivity contribution in [2.75, 3.05) is 6.61 Å². The van der Waals surface area contributed by atoms with Gasteiger partial charge in [-0.3, -0.25) is 4.99 Å². The molecular formula is C23H14F7NO2. The van der Waals surface area contributed by atoms with E-state index in [4.69, 9.17) is 0 Å². The third-order valence-corrected chi connectivity index (χ3v) is 5.27. The van der Waals surface area contributed by atoms with Crippen LogP contribution in [0.15, 0.2) is 59.6 Å². The van der Waals surface area contributed by atoms with Crippen LogP contribution in [0.3, 0.4) is 0 Å². The van der Waals surface area contributed by atoms with Gasteiger partial charge in [-0.1, -0.05) is 24.3 Å². The number of alkyl halides is 3. The fourth-order valence-corrected chi connectivity index (χ4v) is 3.49. The Balaban J connectivity index is 1.66. The molecule has 2 atom stereocenters. The summed E-state index contributed by atoms with van der Waals surface area (Å²) < 4.78 is 99.8. The highest BCUT2D eigenvalue weighted by molar-refractivity contribution is 5.86. The Bertz CT molecular complexity index is 1220. The molecule has 0 amide bonds. The van der Waals surface area contributed by atoms with E-state index < -0.39 is 59.0 Å². The van der Waals surface area contributed by atoms with Gasteiger partial charge in [0.05, 0.1) is 0 Å². The number of halogens is 7. The molecule has 1 N–H and O–H groups in total. The fourth-order valence-electron chi connectivity index (χ4n) is 3.49. The molecule has 0 saturated carbocycles. The summed E-state index contributed by atoms with van der Waals surface area (Å²) in [7, 11) is 0. The summed E-state index contributed by atoms with van der Waals surface area (Å²) in [6.45, 7) is -1.56. The zero-order valence-corrected chi connectivity index (χ0v) is 16.5. The van der Waals surface area contributed by atoms with E-state index in [2.05, 4.69) is 9.73 Å². The Kier molecular flexibility index (Phi) is 5.65. The zero-order chi connectivity index (χ0) is 24.0. The summed E-state index contributed by atoms with van der Waals surface area (Å²) in [6.07, 6.45) is -3.97. The Morgan fingerprint density at radius 2 is 1.58 bits per heavy atom. The number of benzene rings is 3. The Morgan fingerprint density at radius 1 is 0.879 bits per heavy atom. The molecule has 3 aromatic rings. The first-order chi connectivity index (χ1) is 15.5. The molecule has 0 bridgehead atoms. The van der Waals surface area contributed by atoms with Gasteiger partial charge >= 0.3 is 6.18 Å². The molecule has 2 unspecified atom stereocenters. The first kappa shape index (κ1) is 22.8. The van der Waals surface area contributed by atoms with E-state index >= 15 is 0 Å². The maximum absolute atomic E-state index is 13.8. The van der Waals surface area contributed by atoms with Gasteiger partial charge < -0.3 is 9.84 Å². The standard InChI is InChI=1S/C23H14F7NO2/c24-15-4-1-12(2-5-15)21-17-6-3-14(7-13(17)10-31-21)22(32,23(28,29)30)11-33-19-9-16(25)8-18(26)20(19)27/h1-10,21,32H,11H2. The summed E-state index contributed by atoms with van der Waals surface area (Å²) in [5.41, 5.74) is -2.87. The number of aliphatic hydroxyl groups is 1. The first-order valence-corrected chi connectivity index (χ1v) is 9.49. The van der Waals surface area contributed by atoms with Crippen LogP contribution >= 0.6 is 0 Å². The smallest absolute Gasteiger partial charge is 0.424 e. The molecular weight excluding hydrogens is 455 g/mol. The lowest BCUT2D eigenvalue weighted by Gasteiger charge is -2.31. The second kappa shape index (κ2) is 8.18. The van der Waals surface area contributed by atoms with Crippen molar-refractivity contribution in [3.05, 3.63) is 100 Å². The van der Waals surface area contributed by atoms with Gasteiger partial charge in [0.1, 0.15) is 24.3 Å². The van der Waals surface area contributed by atoms with Crippen LogP contribution in [-0.2, 0) is 5.60 Å².